The fourth-order valence-electron chi connectivity index (χ4n) is 2.13. The fourth-order valence-corrected chi connectivity index (χ4v) is 2.13. The van der Waals surface area contributed by atoms with Crippen LogP contribution < -0.4 is 10.1 Å². The molecule has 0 amide bonds. The quantitative estimate of drug-likeness (QED) is 0.843. The first-order valence-corrected chi connectivity index (χ1v) is 7.12. The standard InChI is InChI=1S/C16H23N3O/c1-4-9-20-15-7-5-14(6-8-15)16(17-3)12-19-11-13(2)10-18-19/h5-8,10-11,16-17H,4,9,12H2,1-3H3. The second kappa shape index (κ2) is 7.10. The summed E-state index contributed by atoms with van der Waals surface area (Å²) < 4.78 is 7.58. The minimum atomic E-state index is 0.245. The van der Waals surface area contributed by atoms with Crippen molar-refractivity contribution in [2.75, 3.05) is 13.7 Å². The normalized spacial score (nSPS) is 12.3. The summed E-state index contributed by atoms with van der Waals surface area (Å²) in [5, 5.41) is 7.68. The predicted octanol–water partition coefficient (Wildman–Crippen LogP) is 2.94. The molecule has 0 aliphatic carbocycles. The van der Waals surface area contributed by atoms with Gasteiger partial charge in [0.2, 0.25) is 0 Å². The number of aromatic nitrogens is 2. The van der Waals surface area contributed by atoms with Crippen LogP contribution in [0.5, 0.6) is 5.75 Å². The average Bonchev–Trinajstić information content (AvgIpc) is 2.88. The topological polar surface area (TPSA) is 39.1 Å². The first-order chi connectivity index (χ1) is 9.72. The Morgan fingerprint density at radius 1 is 1.30 bits per heavy atom. The van der Waals surface area contributed by atoms with Crippen LogP contribution in [0.1, 0.15) is 30.5 Å². The third-order valence-corrected chi connectivity index (χ3v) is 3.24. The Kier molecular flexibility index (Phi) is 5.18. The van der Waals surface area contributed by atoms with E-state index < -0.39 is 0 Å². The molecule has 0 radical (unpaired) electrons. The van der Waals surface area contributed by atoms with Crippen molar-refractivity contribution in [3.05, 3.63) is 47.8 Å². The maximum Gasteiger partial charge on any atom is 0.119 e. The molecule has 2 rings (SSSR count). The lowest BCUT2D eigenvalue weighted by Crippen LogP contribution is -2.22. The van der Waals surface area contributed by atoms with Crippen LogP contribution in [0.25, 0.3) is 0 Å². The van der Waals surface area contributed by atoms with E-state index >= 15 is 0 Å². The SMILES string of the molecule is CCCOc1ccc(C(Cn2cc(C)cn2)NC)cc1. The summed E-state index contributed by atoms with van der Waals surface area (Å²) in [6, 6.07) is 8.53. The highest BCUT2D eigenvalue weighted by molar-refractivity contribution is 5.29. The van der Waals surface area contributed by atoms with Gasteiger partial charge in [-0.15, -0.1) is 0 Å². The van der Waals surface area contributed by atoms with E-state index in [4.69, 9.17) is 4.74 Å². The van der Waals surface area contributed by atoms with Crippen LogP contribution in [0, 0.1) is 6.92 Å². The summed E-state index contributed by atoms with van der Waals surface area (Å²) in [5.74, 6) is 0.931. The van der Waals surface area contributed by atoms with Crippen molar-refractivity contribution in [1.82, 2.24) is 15.1 Å². The lowest BCUT2D eigenvalue weighted by molar-refractivity contribution is 0.317. The van der Waals surface area contributed by atoms with Crippen molar-refractivity contribution in [2.24, 2.45) is 0 Å². The van der Waals surface area contributed by atoms with Crippen LogP contribution in [0.15, 0.2) is 36.7 Å². The molecule has 0 fully saturated rings. The summed E-state index contributed by atoms with van der Waals surface area (Å²) in [7, 11) is 1.97. The molecule has 1 N–H and O–H groups in total. The van der Waals surface area contributed by atoms with Crippen LogP contribution in [0.3, 0.4) is 0 Å². The molecule has 2 aromatic rings. The van der Waals surface area contributed by atoms with Crippen molar-refractivity contribution in [2.45, 2.75) is 32.9 Å². The van der Waals surface area contributed by atoms with E-state index in [2.05, 4.69) is 42.6 Å². The molecule has 1 aromatic heterocycles. The molecule has 4 heteroatoms. The summed E-state index contributed by atoms with van der Waals surface area (Å²) >= 11 is 0. The summed E-state index contributed by atoms with van der Waals surface area (Å²) in [5.41, 5.74) is 2.42. The molecule has 1 unspecified atom stereocenters. The second-order valence-electron chi connectivity index (χ2n) is 5.00. The van der Waals surface area contributed by atoms with Gasteiger partial charge in [0.25, 0.3) is 0 Å². The Bertz CT molecular complexity index is 519. The fraction of sp³-hybridized carbons (Fsp3) is 0.438. The lowest BCUT2D eigenvalue weighted by atomic mass is 10.1. The van der Waals surface area contributed by atoms with Gasteiger partial charge in [-0.1, -0.05) is 19.1 Å². The van der Waals surface area contributed by atoms with Gasteiger partial charge < -0.3 is 10.1 Å². The third-order valence-electron chi connectivity index (χ3n) is 3.24. The number of likely N-dealkylation sites (N-methyl/N-ethyl adjacent to an activating group) is 1. The monoisotopic (exact) mass is 273 g/mol. The van der Waals surface area contributed by atoms with Crippen LogP contribution in [0.2, 0.25) is 0 Å². The molecular formula is C16H23N3O. The molecule has 4 nitrogen and oxygen atoms in total. The minimum Gasteiger partial charge on any atom is -0.494 e. The molecule has 1 aromatic carbocycles. The second-order valence-corrected chi connectivity index (χ2v) is 5.00. The Labute approximate surface area is 120 Å². The van der Waals surface area contributed by atoms with Gasteiger partial charge in [-0.2, -0.15) is 5.10 Å². The van der Waals surface area contributed by atoms with E-state index in [1.54, 1.807) is 0 Å². The molecule has 20 heavy (non-hydrogen) atoms. The van der Waals surface area contributed by atoms with Gasteiger partial charge >= 0.3 is 0 Å². The molecule has 0 aliphatic heterocycles. The van der Waals surface area contributed by atoms with E-state index in [9.17, 15) is 0 Å². The van der Waals surface area contributed by atoms with Gasteiger partial charge in [0.15, 0.2) is 0 Å². The van der Waals surface area contributed by atoms with Crippen LogP contribution in [-0.2, 0) is 6.54 Å². The molecule has 1 atom stereocenters. The smallest absolute Gasteiger partial charge is 0.119 e. The van der Waals surface area contributed by atoms with Gasteiger partial charge in [-0.25, -0.2) is 0 Å². The summed E-state index contributed by atoms with van der Waals surface area (Å²) in [4.78, 5) is 0. The molecule has 0 bridgehead atoms. The van der Waals surface area contributed by atoms with E-state index in [0.29, 0.717) is 0 Å². The van der Waals surface area contributed by atoms with Crippen molar-refractivity contribution >= 4 is 0 Å². The van der Waals surface area contributed by atoms with Crippen LogP contribution in [-0.4, -0.2) is 23.4 Å². The zero-order chi connectivity index (χ0) is 14.4. The number of rotatable bonds is 7. The van der Waals surface area contributed by atoms with Gasteiger partial charge in [0.1, 0.15) is 5.75 Å². The molecular weight excluding hydrogens is 250 g/mol. The number of benzene rings is 1. The summed E-state index contributed by atoms with van der Waals surface area (Å²) in [6.07, 6.45) is 4.97. The zero-order valence-electron chi connectivity index (χ0n) is 12.5. The Morgan fingerprint density at radius 3 is 2.60 bits per heavy atom. The number of aryl methyl sites for hydroxylation is 1. The van der Waals surface area contributed by atoms with E-state index in [0.717, 1.165) is 25.3 Å². The maximum atomic E-state index is 5.61. The van der Waals surface area contributed by atoms with Crippen LogP contribution in [0.4, 0.5) is 0 Å². The predicted molar refractivity (Wildman–Crippen MR) is 81.0 cm³/mol. The lowest BCUT2D eigenvalue weighted by Gasteiger charge is -2.17. The van der Waals surface area contributed by atoms with E-state index in [1.165, 1.54) is 11.1 Å². The molecule has 0 saturated carbocycles. The Hall–Kier alpha value is -1.81. The number of ether oxygens (including phenoxy) is 1. The van der Waals surface area contributed by atoms with Gasteiger partial charge in [0.05, 0.1) is 25.4 Å². The highest BCUT2D eigenvalue weighted by Gasteiger charge is 2.10. The molecule has 0 aliphatic rings. The molecule has 0 spiro atoms. The first kappa shape index (κ1) is 14.6. The van der Waals surface area contributed by atoms with Crippen LogP contribution >= 0.6 is 0 Å². The largest absolute Gasteiger partial charge is 0.494 e. The number of hydrogen-bond acceptors (Lipinski definition) is 3. The highest BCUT2D eigenvalue weighted by Crippen LogP contribution is 2.19. The van der Waals surface area contributed by atoms with Crippen molar-refractivity contribution in [3.8, 4) is 5.75 Å². The van der Waals surface area contributed by atoms with E-state index in [-0.39, 0.29) is 6.04 Å². The first-order valence-electron chi connectivity index (χ1n) is 7.12. The maximum absolute atomic E-state index is 5.61. The van der Waals surface area contributed by atoms with Gasteiger partial charge in [0, 0.05) is 6.20 Å². The minimum absolute atomic E-state index is 0.245. The van der Waals surface area contributed by atoms with E-state index in [1.807, 2.05) is 30.1 Å². The Morgan fingerprint density at radius 2 is 2.05 bits per heavy atom. The third kappa shape index (κ3) is 3.84. The average molecular weight is 273 g/mol. The van der Waals surface area contributed by atoms with Gasteiger partial charge in [-0.3, -0.25) is 4.68 Å². The van der Waals surface area contributed by atoms with Crippen molar-refractivity contribution in [1.29, 1.82) is 0 Å². The molecule has 108 valence electrons. The number of hydrogen-bond donors (Lipinski definition) is 1. The number of nitrogens with zero attached hydrogens (tertiary/aromatic N) is 2. The summed E-state index contributed by atoms with van der Waals surface area (Å²) in [6.45, 7) is 5.75. The number of nitrogens with one attached hydrogen (secondary N) is 1. The van der Waals surface area contributed by atoms with Crippen molar-refractivity contribution < 1.29 is 4.74 Å². The molecule has 0 saturated heterocycles. The van der Waals surface area contributed by atoms with Gasteiger partial charge in [-0.05, 0) is 43.7 Å². The Balaban J connectivity index is 2.03. The molecule has 1 heterocycles. The highest BCUT2D eigenvalue weighted by atomic mass is 16.5. The zero-order valence-corrected chi connectivity index (χ0v) is 12.5. The van der Waals surface area contributed by atoms with Crippen molar-refractivity contribution in [3.63, 3.8) is 0 Å².